The number of rotatable bonds is 5. The van der Waals surface area contributed by atoms with E-state index in [0.717, 1.165) is 19.2 Å². The van der Waals surface area contributed by atoms with E-state index in [-0.39, 0.29) is 12.3 Å². The number of nitrogens with zero attached hydrogens (tertiary/aromatic N) is 1. The van der Waals surface area contributed by atoms with E-state index in [1.807, 2.05) is 0 Å². The molecule has 7 nitrogen and oxygen atoms in total. The molecule has 0 fully saturated rings. The van der Waals surface area contributed by atoms with Crippen molar-refractivity contribution in [2.75, 3.05) is 13.7 Å². The molecule has 0 spiro atoms. The molecule has 0 saturated heterocycles. The minimum atomic E-state index is -1.18. The second-order valence-corrected chi connectivity index (χ2v) is 3.23. The second-order valence-electron chi connectivity index (χ2n) is 3.23. The highest BCUT2D eigenvalue weighted by atomic mass is 19.1. The van der Waals surface area contributed by atoms with Gasteiger partial charge in [0.25, 0.3) is 0 Å². The lowest BCUT2D eigenvalue weighted by atomic mass is 10.2. The second kappa shape index (κ2) is 5.92. The summed E-state index contributed by atoms with van der Waals surface area (Å²) in [6.45, 7) is -0.221. The number of halogens is 1. The van der Waals surface area contributed by atoms with E-state index in [0.29, 0.717) is 6.07 Å². The summed E-state index contributed by atoms with van der Waals surface area (Å²) in [6.07, 6.45) is -1.18. The van der Waals surface area contributed by atoms with Gasteiger partial charge in [0.1, 0.15) is 5.82 Å². The fourth-order valence-electron chi connectivity index (χ4n) is 1.21. The molecule has 0 saturated carbocycles. The minimum absolute atomic E-state index is 0.221. The lowest BCUT2D eigenvalue weighted by Gasteiger charge is -2.14. The third-order valence-electron chi connectivity index (χ3n) is 2.07. The first kappa shape index (κ1) is 13.8. The number of nitrogens with two attached hydrogens (primary N) is 1. The summed E-state index contributed by atoms with van der Waals surface area (Å²) in [5.74, 6) is -1.80. The van der Waals surface area contributed by atoms with Crippen molar-refractivity contribution in [1.29, 1.82) is 0 Å². The van der Waals surface area contributed by atoms with Gasteiger partial charge >= 0.3 is 11.7 Å². The summed E-state index contributed by atoms with van der Waals surface area (Å²) >= 11 is 0. The van der Waals surface area contributed by atoms with Crippen LogP contribution in [0.15, 0.2) is 18.2 Å². The third-order valence-corrected chi connectivity index (χ3v) is 2.07. The summed E-state index contributed by atoms with van der Waals surface area (Å²) in [5.41, 5.74) is 4.70. The Morgan fingerprint density at radius 1 is 1.61 bits per heavy atom. The van der Waals surface area contributed by atoms with Crippen molar-refractivity contribution >= 4 is 11.7 Å². The monoisotopic (exact) mass is 258 g/mol. The van der Waals surface area contributed by atoms with Crippen LogP contribution in [0.25, 0.3) is 0 Å². The number of benzene rings is 1. The van der Waals surface area contributed by atoms with Crippen molar-refractivity contribution in [3.8, 4) is 5.75 Å². The van der Waals surface area contributed by atoms with E-state index in [1.54, 1.807) is 0 Å². The molecule has 0 aliphatic heterocycles. The molecule has 0 bridgehead atoms. The van der Waals surface area contributed by atoms with Crippen LogP contribution in [0.3, 0.4) is 0 Å². The Kier molecular flexibility index (Phi) is 4.55. The average Bonchev–Trinajstić information content (AvgIpc) is 2.36. The van der Waals surface area contributed by atoms with Crippen molar-refractivity contribution in [2.24, 2.45) is 5.73 Å². The van der Waals surface area contributed by atoms with Crippen molar-refractivity contribution in [1.82, 2.24) is 0 Å². The zero-order valence-electron chi connectivity index (χ0n) is 9.46. The lowest BCUT2D eigenvalue weighted by Crippen LogP contribution is -2.36. The number of nitro groups is 1. The van der Waals surface area contributed by atoms with Gasteiger partial charge in [0, 0.05) is 6.54 Å². The fraction of sp³-hybridized carbons (Fsp3) is 0.300. The van der Waals surface area contributed by atoms with Crippen molar-refractivity contribution in [3.63, 3.8) is 0 Å². The minimum Gasteiger partial charge on any atom is -0.470 e. The summed E-state index contributed by atoms with van der Waals surface area (Å²) in [4.78, 5) is 21.1. The van der Waals surface area contributed by atoms with Gasteiger partial charge in [0.05, 0.1) is 18.1 Å². The predicted octanol–water partition coefficient (Wildman–Crippen LogP) is 0.613. The van der Waals surface area contributed by atoms with Gasteiger partial charge in [0.2, 0.25) is 6.10 Å². The van der Waals surface area contributed by atoms with Crippen LogP contribution in [-0.2, 0) is 9.53 Å². The van der Waals surface area contributed by atoms with Crippen molar-refractivity contribution in [2.45, 2.75) is 6.10 Å². The SMILES string of the molecule is COC(=O)C(CN)Oc1ccc(F)cc1[N+](=O)[O-]. The van der Waals surface area contributed by atoms with Gasteiger partial charge in [-0.25, -0.2) is 9.18 Å². The number of nitro benzene ring substituents is 1. The standard InChI is InChI=1S/C10H11FN2O5/c1-17-10(14)9(5-12)18-8-3-2-6(11)4-7(8)13(15)16/h2-4,9H,5,12H2,1H3. The topological polar surface area (TPSA) is 105 Å². The third kappa shape index (κ3) is 3.14. The van der Waals surface area contributed by atoms with Crippen LogP contribution in [0, 0.1) is 15.9 Å². The molecule has 1 rings (SSSR count). The Labute approximate surface area is 101 Å². The summed E-state index contributed by atoms with van der Waals surface area (Å²) in [5, 5.41) is 10.7. The molecule has 1 aromatic carbocycles. The van der Waals surface area contributed by atoms with E-state index in [1.165, 1.54) is 0 Å². The number of ether oxygens (including phenoxy) is 2. The van der Waals surface area contributed by atoms with Crippen molar-refractivity contribution in [3.05, 3.63) is 34.1 Å². The van der Waals surface area contributed by atoms with E-state index in [2.05, 4.69) is 4.74 Å². The van der Waals surface area contributed by atoms with Crippen LogP contribution < -0.4 is 10.5 Å². The molecule has 18 heavy (non-hydrogen) atoms. The number of carbonyl (C=O) groups is 1. The Morgan fingerprint density at radius 2 is 2.28 bits per heavy atom. The summed E-state index contributed by atoms with van der Waals surface area (Å²) in [6, 6.07) is 2.73. The first-order chi connectivity index (χ1) is 8.49. The maximum atomic E-state index is 12.9. The largest absolute Gasteiger partial charge is 0.470 e. The molecule has 1 atom stereocenters. The first-order valence-corrected chi connectivity index (χ1v) is 4.88. The number of esters is 1. The average molecular weight is 258 g/mol. The van der Waals surface area contributed by atoms with Gasteiger partial charge in [-0.2, -0.15) is 0 Å². The highest BCUT2D eigenvalue weighted by molar-refractivity contribution is 5.75. The van der Waals surface area contributed by atoms with E-state index in [9.17, 15) is 19.3 Å². The fourth-order valence-corrected chi connectivity index (χ4v) is 1.21. The van der Waals surface area contributed by atoms with Crippen molar-refractivity contribution < 1.29 is 23.6 Å². The number of carbonyl (C=O) groups excluding carboxylic acids is 1. The molecule has 0 amide bonds. The van der Waals surface area contributed by atoms with Gasteiger partial charge in [-0.15, -0.1) is 0 Å². The number of hydrogen-bond acceptors (Lipinski definition) is 6. The van der Waals surface area contributed by atoms with Crippen LogP contribution in [0.4, 0.5) is 10.1 Å². The predicted molar refractivity (Wildman–Crippen MR) is 58.5 cm³/mol. The molecule has 1 aromatic rings. The van der Waals surface area contributed by atoms with Crippen LogP contribution in [0.5, 0.6) is 5.75 Å². The van der Waals surface area contributed by atoms with Gasteiger partial charge in [-0.05, 0) is 12.1 Å². The van der Waals surface area contributed by atoms with E-state index >= 15 is 0 Å². The quantitative estimate of drug-likeness (QED) is 0.471. The molecule has 0 aliphatic carbocycles. The Hall–Kier alpha value is -2.22. The Balaban J connectivity index is 3.02. The van der Waals surface area contributed by atoms with Crippen LogP contribution in [0.2, 0.25) is 0 Å². The first-order valence-electron chi connectivity index (χ1n) is 4.88. The highest BCUT2D eigenvalue weighted by Crippen LogP contribution is 2.28. The van der Waals surface area contributed by atoms with Crippen LogP contribution in [-0.4, -0.2) is 30.7 Å². The van der Waals surface area contributed by atoms with Gasteiger partial charge in [-0.3, -0.25) is 10.1 Å². The zero-order chi connectivity index (χ0) is 13.7. The van der Waals surface area contributed by atoms with Gasteiger partial charge < -0.3 is 15.2 Å². The number of hydrogen-bond donors (Lipinski definition) is 1. The maximum absolute atomic E-state index is 12.9. The lowest BCUT2D eigenvalue weighted by molar-refractivity contribution is -0.386. The smallest absolute Gasteiger partial charge is 0.348 e. The molecule has 0 radical (unpaired) electrons. The van der Waals surface area contributed by atoms with Gasteiger partial charge in [-0.1, -0.05) is 0 Å². The van der Waals surface area contributed by atoms with Gasteiger partial charge in [0.15, 0.2) is 5.75 Å². The molecule has 1 unspecified atom stereocenters. The number of methoxy groups -OCH3 is 1. The summed E-state index contributed by atoms with van der Waals surface area (Å²) < 4.78 is 22.3. The molecule has 98 valence electrons. The normalized spacial score (nSPS) is 11.7. The molecule has 0 heterocycles. The summed E-state index contributed by atoms with van der Waals surface area (Å²) in [7, 11) is 1.13. The highest BCUT2D eigenvalue weighted by Gasteiger charge is 2.24. The maximum Gasteiger partial charge on any atom is 0.348 e. The molecular formula is C10H11FN2O5. The molecule has 0 aromatic heterocycles. The van der Waals surface area contributed by atoms with Crippen LogP contribution in [0.1, 0.15) is 0 Å². The molecule has 0 aliphatic rings. The van der Waals surface area contributed by atoms with E-state index < -0.39 is 28.5 Å². The Bertz CT molecular complexity index is 466. The van der Waals surface area contributed by atoms with Crippen LogP contribution >= 0.6 is 0 Å². The Morgan fingerprint density at radius 3 is 2.78 bits per heavy atom. The zero-order valence-corrected chi connectivity index (χ0v) is 9.46. The molecule has 2 N–H and O–H groups in total. The molecule has 8 heteroatoms. The molecular weight excluding hydrogens is 247 g/mol. The van der Waals surface area contributed by atoms with E-state index in [4.69, 9.17) is 10.5 Å².